The van der Waals surface area contributed by atoms with Crippen molar-refractivity contribution in [2.24, 2.45) is 5.10 Å². The summed E-state index contributed by atoms with van der Waals surface area (Å²) in [6.45, 7) is 0. The number of carboxylic acid groups (broad SMARTS) is 1. The van der Waals surface area contributed by atoms with Gasteiger partial charge in [-0.2, -0.15) is 10.2 Å². The number of hydrazone groups is 1. The number of nitrogens with one attached hydrogen (secondary N) is 1. The summed E-state index contributed by atoms with van der Waals surface area (Å²) in [4.78, 5) is 24.0. The van der Waals surface area contributed by atoms with Crippen molar-refractivity contribution < 1.29 is 23.8 Å². The van der Waals surface area contributed by atoms with Gasteiger partial charge >= 0.3 is 11.6 Å². The fourth-order valence-corrected chi connectivity index (χ4v) is 3.77. The third-order valence-corrected chi connectivity index (χ3v) is 5.70. The Morgan fingerprint density at radius 1 is 1.11 bits per heavy atom. The van der Waals surface area contributed by atoms with Crippen molar-refractivity contribution >= 4 is 40.4 Å². The molecule has 0 atom stereocenters. The summed E-state index contributed by atoms with van der Waals surface area (Å²) in [5.74, 6) is -1.67. The van der Waals surface area contributed by atoms with E-state index < -0.39 is 17.4 Å². The van der Waals surface area contributed by atoms with E-state index in [2.05, 4.69) is 15.6 Å². The minimum atomic E-state index is -1.06. The van der Waals surface area contributed by atoms with Gasteiger partial charge in [-0.15, -0.1) is 0 Å². The second-order valence-electron chi connectivity index (χ2n) is 7.90. The van der Waals surface area contributed by atoms with Gasteiger partial charge in [0.15, 0.2) is 0 Å². The van der Waals surface area contributed by atoms with E-state index in [0.717, 1.165) is 0 Å². The summed E-state index contributed by atoms with van der Waals surface area (Å²) in [5.41, 5.74) is 4.17. The highest BCUT2D eigenvalue weighted by atomic mass is 35.5. The minimum Gasteiger partial charge on any atom is -0.508 e. The number of rotatable bonds is 6. The van der Waals surface area contributed by atoms with E-state index in [4.69, 9.17) is 21.1 Å². The molecule has 0 saturated carbocycles. The first-order valence-electron chi connectivity index (χ1n) is 10.7. The van der Waals surface area contributed by atoms with Crippen LogP contribution in [0.15, 0.2) is 87.2 Å². The molecule has 2 heterocycles. The maximum absolute atomic E-state index is 13.4. The molecule has 0 aliphatic carbocycles. The molecular weight excluding hydrogens is 503 g/mol. The zero-order valence-electron chi connectivity index (χ0n) is 18.7. The average Bonchev–Trinajstić information content (AvgIpc) is 3.29. The molecular formula is C26H16ClFN4O5. The van der Waals surface area contributed by atoms with Crippen LogP contribution in [0, 0.1) is 5.82 Å². The molecule has 184 valence electrons. The smallest absolute Gasteiger partial charge is 0.345 e. The zero-order chi connectivity index (χ0) is 26.1. The first-order chi connectivity index (χ1) is 17.8. The quantitative estimate of drug-likeness (QED) is 0.158. The Balaban J connectivity index is 1.58. The third kappa shape index (κ3) is 4.91. The van der Waals surface area contributed by atoms with Gasteiger partial charge in [0.2, 0.25) is 0 Å². The van der Waals surface area contributed by atoms with Crippen LogP contribution >= 0.6 is 11.6 Å². The number of aromatic carboxylic acids is 1. The molecule has 9 nitrogen and oxygen atoms in total. The maximum atomic E-state index is 13.4. The van der Waals surface area contributed by atoms with Crippen LogP contribution in [-0.2, 0) is 0 Å². The number of carboxylic acids is 1. The van der Waals surface area contributed by atoms with Crippen LogP contribution in [0.25, 0.3) is 27.9 Å². The van der Waals surface area contributed by atoms with Gasteiger partial charge in [0.05, 0.1) is 33.7 Å². The van der Waals surface area contributed by atoms with Gasteiger partial charge in [-0.05, 0) is 60.7 Å². The third-order valence-electron chi connectivity index (χ3n) is 5.41. The fourth-order valence-electron chi connectivity index (χ4n) is 3.59. The minimum absolute atomic E-state index is 0.0442. The topological polar surface area (TPSA) is 130 Å². The molecule has 0 saturated heterocycles. The van der Waals surface area contributed by atoms with E-state index in [1.54, 1.807) is 30.5 Å². The Morgan fingerprint density at radius 3 is 2.62 bits per heavy atom. The molecule has 0 amide bonds. The van der Waals surface area contributed by atoms with Crippen LogP contribution in [0.4, 0.5) is 10.1 Å². The predicted octanol–water partition coefficient (Wildman–Crippen LogP) is 5.29. The van der Waals surface area contributed by atoms with Gasteiger partial charge in [0.1, 0.15) is 22.8 Å². The highest BCUT2D eigenvalue weighted by molar-refractivity contribution is 6.31. The molecule has 3 aromatic carbocycles. The number of benzene rings is 3. The molecule has 37 heavy (non-hydrogen) atoms. The lowest BCUT2D eigenvalue weighted by Gasteiger charge is -2.03. The summed E-state index contributed by atoms with van der Waals surface area (Å²) in [6.07, 6.45) is 3.02. The molecule has 5 aromatic rings. The average molecular weight is 519 g/mol. The van der Waals surface area contributed by atoms with E-state index in [9.17, 15) is 19.1 Å². The van der Waals surface area contributed by atoms with E-state index in [1.807, 2.05) is 0 Å². The fraction of sp³-hybridized carbons (Fsp3) is 0. The Hall–Kier alpha value is -4.96. The summed E-state index contributed by atoms with van der Waals surface area (Å²) in [5, 5.41) is 28.0. The van der Waals surface area contributed by atoms with E-state index in [-0.39, 0.29) is 33.2 Å². The van der Waals surface area contributed by atoms with Crippen molar-refractivity contribution in [3.8, 4) is 22.7 Å². The number of hydrogen-bond acceptors (Lipinski definition) is 7. The van der Waals surface area contributed by atoms with Gasteiger partial charge < -0.3 is 14.6 Å². The number of phenolic OH excluding ortho intramolecular Hbond substituents is 1. The second kappa shape index (κ2) is 9.59. The number of aromatic nitrogens is 2. The van der Waals surface area contributed by atoms with Crippen LogP contribution < -0.4 is 11.1 Å². The van der Waals surface area contributed by atoms with Crippen molar-refractivity contribution in [3.63, 3.8) is 0 Å². The normalized spacial score (nSPS) is 11.3. The van der Waals surface area contributed by atoms with Gasteiger partial charge in [-0.1, -0.05) is 11.6 Å². The van der Waals surface area contributed by atoms with Crippen molar-refractivity contribution in [2.45, 2.75) is 0 Å². The van der Waals surface area contributed by atoms with Gasteiger partial charge in [0, 0.05) is 23.2 Å². The maximum Gasteiger partial charge on any atom is 0.345 e. The SMILES string of the molecule is O=C(O)c1ccc(-n2cc(/C=N/Nc3ccc(F)c(Cl)c3)c(-c3cc4ccc(O)cc4oc3=O)n2)cc1. The monoisotopic (exact) mass is 518 g/mol. The van der Waals surface area contributed by atoms with Crippen LogP contribution in [0.5, 0.6) is 5.75 Å². The highest BCUT2D eigenvalue weighted by Gasteiger charge is 2.17. The van der Waals surface area contributed by atoms with Crippen molar-refractivity contribution in [3.05, 3.63) is 105 Å². The van der Waals surface area contributed by atoms with Crippen molar-refractivity contribution in [2.75, 3.05) is 5.43 Å². The van der Waals surface area contributed by atoms with Crippen LogP contribution in [-0.4, -0.2) is 32.2 Å². The molecule has 2 aromatic heterocycles. The number of halogens is 2. The molecule has 0 aliphatic heterocycles. The molecule has 0 aliphatic rings. The highest BCUT2D eigenvalue weighted by Crippen LogP contribution is 2.26. The van der Waals surface area contributed by atoms with Crippen LogP contribution in [0.1, 0.15) is 15.9 Å². The number of carbonyl (C=O) groups is 1. The van der Waals surface area contributed by atoms with Gasteiger partial charge in [0.25, 0.3) is 0 Å². The lowest BCUT2D eigenvalue weighted by molar-refractivity contribution is 0.0697. The van der Waals surface area contributed by atoms with Crippen LogP contribution in [0.3, 0.4) is 0 Å². The van der Waals surface area contributed by atoms with E-state index in [0.29, 0.717) is 22.3 Å². The summed E-state index contributed by atoms with van der Waals surface area (Å²) >= 11 is 5.81. The summed E-state index contributed by atoms with van der Waals surface area (Å²) in [7, 11) is 0. The summed E-state index contributed by atoms with van der Waals surface area (Å²) < 4.78 is 20.3. The first-order valence-corrected chi connectivity index (χ1v) is 11.1. The number of anilines is 1. The molecule has 5 rings (SSSR count). The zero-order valence-corrected chi connectivity index (χ0v) is 19.5. The van der Waals surface area contributed by atoms with Gasteiger partial charge in [-0.25, -0.2) is 18.7 Å². The number of fused-ring (bicyclic) bond motifs is 1. The Bertz CT molecular complexity index is 1740. The molecule has 0 fully saturated rings. The second-order valence-corrected chi connectivity index (χ2v) is 8.31. The Morgan fingerprint density at radius 2 is 1.89 bits per heavy atom. The standard InChI is InChI=1S/C26H16ClFN4O5/c27-21-10-17(4-8-22(21)28)30-29-12-16-13-32(18-5-1-14(2-6-18)25(34)35)31-24(16)20-9-15-3-7-19(33)11-23(15)37-26(20)36/h1-13,30,33H,(H,34,35)/b29-12+. The van der Waals surface area contributed by atoms with Gasteiger partial charge in [-0.3, -0.25) is 5.43 Å². The lowest BCUT2D eigenvalue weighted by Crippen LogP contribution is -2.05. The first kappa shape index (κ1) is 23.8. The molecule has 0 spiro atoms. The Kier molecular flexibility index (Phi) is 6.16. The largest absolute Gasteiger partial charge is 0.508 e. The molecule has 0 unspecified atom stereocenters. The predicted molar refractivity (Wildman–Crippen MR) is 136 cm³/mol. The molecule has 0 bridgehead atoms. The van der Waals surface area contributed by atoms with E-state index >= 15 is 0 Å². The molecule has 0 radical (unpaired) electrons. The lowest BCUT2D eigenvalue weighted by atomic mass is 10.1. The number of nitrogens with zero attached hydrogens (tertiary/aromatic N) is 3. The van der Waals surface area contributed by atoms with E-state index in [1.165, 1.54) is 53.4 Å². The Labute approximate surface area is 212 Å². The number of hydrogen-bond donors (Lipinski definition) is 3. The molecule has 3 N–H and O–H groups in total. The molecule has 11 heteroatoms. The number of phenols is 1. The van der Waals surface area contributed by atoms with Crippen molar-refractivity contribution in [1.82, 2.24) is 9.78 Å². The van der Waals surface area contributed by atoms with Crippen molar-refractivity contribution in [1.29, 1.82) is 0 Å². The van der Waals surface area contributed by atoms with Crippen LogP contribution in [0.2, 0.25) is 5.02 Å². The summed E-state index contributed by atoms with van der Waals surface area (Å²) in [6, 6.07) is 16.0. The number of aromatic hydroxyl groups is 1.